The van der Waals surface area contributed by atoms with Crippen LogP contribution in [0.25, 0.3) is 5.69 Å². The Morgan fingerprint density at radius 1 is 1.16 bits per heavy atom. The molecule has 1 fully saturated rings. The first-order valence-corrected chi connectivity index (χ1v) is 11.7. The molecule has 1 aliphatic carbocycles. The van der Waals surface area contributed by atoms with Gasteiger partial charge in [-0.3, -0.25) is 9.56 Å². The van der Waals surface area contributed by atoms with E-state index in [-0.39, 0.29) is 12.4 Å². The van der Waals surface area contributed by atoms with Gasteiger partial charge in [-0.1, -0.05) is 47.3 Å². The van der Waals surface area contributed by atoms with Crippen molar-refractivity contribution < 1.29 is 13.9 Å². The lowest BCUT2D eigenvalue weighted by Gasteiger charge is -2.34. The van der Waals surface area contributed by atoms with Crippen LogP contribution in [0.1, 0.15) is 66.3 Å². The number of rotatable bonds is 3. The van der Waals surface area contributed by atoms with Gasteiger partial charge >= 0.3 is 5.97 Å². The monoisotopic (exact) mass is 495 g/mol. The molecule has 0 amide bonds. The van der Waals surface area contributed by atoms with E-state index in [0.29, 0.717) is 17.0 Å². The summed E-state index contributed by atoms with van der Waals surface area (Å²) in [5.41, 5.74) is 3.01. The Kier molecular flexibility index (Phi) is 5.45. The molecule has 1 aromatic heterocycles. The lowest BCUT2D eigenvalue weighted by atomic mass is 9.78. The number of imidazole rings is 1. The maximum absolute atomic E-state index is 15.0. The minimum Gasteiger partial charge on any atom is -0.461 e. The minimum absolute atomic E-state index is 0.269. The maximum Gasteiger partial charge on any atom is 0.358 e. The van der Waals surface area contributed by atoms with Crippen molar-refractivity contribution in [1.82, 2.24) is 9.55 Å². The fraction of sp³-hybridized carbons (Fsp3) is 0.320. The minimum atomic E-state index is -0.681. The van der Waals surface area contributed by atoms with Crippen molar-refractivity contribution >= 4 is 27.6 Å². The largest absolute Gasteiger partial charge is 0.461 e. The Bertz CT molecular complexity index is 1230. The van der Waals surface area contributed by atoms with Gasteiger partial charge in [0.15, 0.2) is 5.69 Å². The van der Waals surface area contributed by atoms with E-state index in [2.05, 4.69) is 20.9 Å². The van der Waals surface area contributed by atoms with Crippen LogP contribution in [0.3, 0.4) is 0 Å². The summed E-state index contributed by atoms with van der Waals surface area (Å²) in [6.07, 6.45) is 6.25. The van der Waals surface area contributed by atoms with E-state index in [1.54, 1.807) is 25.4 Å². The smallest absolute Gasteiger partial charge is 0.358 e. The Morgan fingerprint density at radius 2 is 1.94 bits per heavy atom. The lowest BCUT2D eigenvalue weighted by Crippen LogP contribution is -2.32. The number of esters is 1. The number of aliphatic imine (C=N–C) groups is 1. The summed E-state index contributed by atoms with van der Waals surface area (Å²) in [7, 11) is 0. The van der Waals surface area contributed by atoms with Gasteiger partial charge in [0, 0.05) is 15.6 Å². The van der Waals surface area contributed by atoms with E-state index in [0.717, 1.165) is 53.5 Å². The van der Waals surface area contributed by atoms with Crippen molar-refractivity contribution in [2.75, 3.05) is 6.61 Å². The molecule has 0 bridgehead atoms. The molecule has 2 aromatic carbocycles. The van der Waals surface area contributed by atoms with Crippen LogP contribution in [0, 0.1) is 5.82 Å². The van der Waals surface area contributed by atoms with E-state index in [9.17, 15) is 4.79 Å². The van der Waals surface area contributed by atoms with E-state index in [1.165, 1.54) is 6.07 Å². The summed E-state index contributed by atoms with van der Waals surface area (Å²) in [5.74, 6) is -0.771. The SMILES string of the molecule is CCOC(=O)c1ncn2c1C1(CCCCC1)N=C(c1ccccc1F)c1cc(Br)ccc1-2. The number of carbonyl (C=O) groups is 1. The first-order chi connectivity index (χ1) is 15.5. The van der Waals surface area contributed by atoms with Crippen molar-refractivity contribution in [2.24, 2.45) is 4.99 Å². The Labute approximate surface area is 194 Å². The van der Waals surface area contributed by atoms with Gasteiger partial charge in [0.05, 0.1) is 23.7 Å². The van der Waals surface area contributed by atoms with Crippen molar-refractivity contribution in [3.05, 3.63) is 81.6 Å². The Morgan fingerprint density at radius 3 is 2.69 bits per heavy atom. The number of aromatic nitrogens is 2. The highest BCUT2D eigenvalue weighted by Crippen LogP contribution is 2.46. The van der Waals surface area contributed by atoms with Crippen LogP contribution in [0.15, 0.2) is 58.3 Å². The molecule has 2 aliphatic rings. The molecule has 1 saturated carbocycles. The number of benzene rings is 2. The molecule has 2 heterocycles. The number of carbonyl (C=O) groups excluding carboxylic acids is 1. The third-order valence-corrected chi connectivity index (χ3v) is 6.78. The summed E-state index contributed by atoms with van der Waals surface area (Å²) >= 11 is 3.56. The average molecular weight is 496 g/mol. The molecule has 0 saturated heterocycles. The van der Waals surface area contributed by atoms with Gasteiger partial charge in [0.1, 0.15) is 17.7 Å². The fourth-order valence-electron chi connectivity index (χ4n) is 4.90. The van der Waals surface area contributed by atoms with Crippen molar-refractivity contribution in [1.29, 1.82) is 0 Å². The topological polar surface area (TPSA) is 56.5 Å². The highest BCUT2D eigenvalue weighted by atomic mass is 79.9. The second-order valence-corrected chi connectivity index (χ2v) is 9.14. The second-order valence-electron chi connectivity index (χ2n) is 8.23. The van der Waals surface area contributed by atoms with Gasteiger partial charge in [-0.15, -0.1) is 0 Å². The van der Waals surface area contributed by atoms with Gasteiger partial charge in [0.2, 0.25) is 0 Å². The molecular formula is C25H23BrFN3O2. The molecule has 1 spiro atoms. The molecule has 0 N–H and O–H groups in total. The van der Waals surface area contributed by atoms with E-state index < -0.39 is 11.5 Å². The summed E-state index contributed by atoms with van der Waals surface area (Å²) in [4.78, 5) is 22.6. The standard InChI is InChI=1S/C25H23BrFN3O2/c1-2-32-24(31)22-23-25(12-6-3-7-13-25)29-21(17-8-4-5-9-19(17)27)18-14-16(26)10-11-20(18)30(23)15-28-22/h4-5,8-11,14-15H,2-3,6-7,12-13H2,1H3. The zero-order valence-electron chi connectivity index (χ0n) is 17.8. The number of nitrogens with zero attached hydrogens (tertiary/aromatic N) is 3. The normalized spacial score (nSPS) is 16.7. The van der Waals surface area contributed by atoms with E-state index >= 15 is 4.39 Å². The van der Waals surface area contributed by atoms with Crippen LogP contribution >= 0.6 is 15.9 Å². The van der Waals surface area contributed by atoms with Gasteiger partial charge in [0.25, 0.3) is 0 Å². The van der Waals surface area contributed by atoms with Crippen LogP contribution < -0.4 is 0 Å². The molecule has 5 rings (SSSR count). The zero-order chi connectivity index (χ0) is 22.3. The predicted octanol–water partition coefficient (Wildman–Crippen LogP) is 5.96. The molecule has 0 radical (unpaired) electrons. The van der Waals surface area contributed by atoms with Crippen LogP contribution in [-0.2, 0) is 10.3 Å². The summed E-state index contributed by atoms with van der Waals surface area (Å²) in [6.45, 7) is 2.05. The third-order valence-electron chi connectivity index (χ3n) is 6.29. The highest BCUT2D eigenvalue weighted by molar-refractivity contribution is 9.10. The first kappa shape index (κ1) is 21.1. The average Bonchev–Trinajstić information content (AvgIpc) is 3.21. The molecule has 32 heavy (non-hydrogen) atoms. The number of ether oxygens (including phenoxy) is 1. The Hall–Kier alpha value is -2.80. The van der Waals surface area contributed by atoms with Gasteiger partial charge in [-0.25, -0.2) is 14.2 Å². The zero-order valence-corrected chi connectivity index (χ0v) is 19.4. The molecule has 0 unspecified atom stereocenters. The van der Waals surface area contributed by atoms with E-state index in [4.69, 9.17) is 9.73 Å². The number of hydrogen-bond donors (Lipinski definition) is 0. The van der Waals surface area contributed by atoms with Crippen LogP contribution in [-0.4, -0.2) is 27.8 Å². The molecular weight excluding hydrogens is 473 g/mol. The quantitative estimate of drug-likeness (QED) is 0.421. The lowest BCUT2D eigenvalue weighted by molar-refractivity contribution is 0.0515. The van der Waals surface area contributed by atoms with Gasteiger partial charge in [-0.2, -0.15) is 0 Å². The number of halogens is 2. The molecule has 7 heteroatoms. The third kappa shape index (κ3) is 3.39. The second kappa shape index (κ2) is 8.28. The van der Waals surface area contributed by atoms with Crippen molar-refractivity contribution in [3.8, 4) is 5.69 Å². The molecule has 164 valence electrons. The van der Waals surface area contributed by atoms with Gasteiger partial charge in [-0.05, 0) is 50.1 Å². The van der Waals surface area contributed by atoms with Crippen LogP contribution in [0.2, 0.25) is 0 Å². The summed E-state index contributed by atoms with van der Waals surface area (Å²) in [6, 6.07) is 12.6. The first-order valence-electron chi connectivity index (χ1n) is 10.9. The van der Waals surface area contributed by atoms with Crippen LogP contribution in [0.4, 0.5) is 4.39 Å². The highest BCUT2D eigenvalue weighted by Gasteiger charge is 2.43. The van der Waals surface area contributed by atoms with Crippen molar-refractivity contribution in [2.45, 2.75) is 44.6 Å². The van der Waals surface area contributed by atoms with E-state index in [1.807, 2.05) is 28.8 Å². The molecule has 5 nitrogen and oxygen atoms in total. The van der Waals surface area contributed by atoms with Crippen LogP contribution in [0.5, 0.6) is 0 Å². The van der Waals surface area contributed by atoms with Crippen molar-refractivity contribution in [3.63, 3.8) is 0 Å². The van der Waals surface area contributed by atoms with Gasteiger partial charge < -0.3 is 4.74 Å². The molecule has 3 aromatic rings. The summed E-state index contributed by atoms with van der Waals surface area (Å²) < 4.78 is 23.2. The Balaban J connectivity index is 1.86. The molecule has 0 atom stereocenters. The predicted molar refractivity (Wildman–Crippen MR) is 124 cm³/mol. The molecule has 1 aliphatic heterocycles. The summed E-state index contributed by atoms with van der Waals surface area (Å²) in [5, 5.41) is 0. The maximum atomic E-state index is 15.0. The number of fused-ring (bicyclic) bond motifs is 4. The number of hydrogen-bond acceptors (Lipinski definition) is 4. The fourth-order valence-corrected chi connectivity index (χ4v) is 5.26.